The van der Waals surface area contributed by atoms with Crippen LogP contribution in [0, 0.1) is 0 Å². The van der Waals surface area contributed by atoms with Crippen LogP contribution in [0.3, 0.4) is 0 Å². The fourth-order valence-electron chi connectivity index (χ4n) is 3.87. The molecule has 4 rings (SSSR count). The van der Waals surface area contributed by atoms with E-state index in [1.54, 1.807) is 6.33 Å². The lowest BCUT2D eigenvalue weighted by atomic mass is 9.96. The number of H-pyrrole nitrogens is 1. The van der Waals surface area contributed by atoms with Crippen molar-refractivity contribution in [1.29, 1.82) is 0 Å². The number of likely N-dealkylation sites (tertiary alicyclic amines) is 1. The van der Waals surface area contributed by atoms with Gasteiger partial charge in [-0.2, -0.15) is 5.10 Å². The van der Waals surface area contributed by atoms with E-state index in [1.807, 2.05) is 43.4 Å². The van der Waals surface area contributed by atoms with Crippen molar-refractivity contribution in [2.45, 2.75) is 31.9 Å². The number of hydrogen-bond donors (Lipinski definition) is 2. The summed E-state index contributed by atoms with van der Waals surface area (Å²) in [6, 6.07) is 15.8. The maximum atomic E-state index is 6.21. The average molecular weight is 567 g/mol. The van der Waals surface area contributed by atoms with Crippen LogP contribution >= 0.6 is 35.6 Å². The number of ether oxygens (including phenoxy) is 1. The van der Waals surface area contributed by atoms with Crippen molar-refractivity contribution in [3.8, 4) is 5.75 Å². The number of aromatic nitrogens is 3. The Hall–Kier alpha value is -2.33. The van der Waals surface area contributed by atoms with Crippen molar-refractivity contribution < 1.29 is 4.74 Å². The third-order valence-electron chi connectivity index (χ3n) is 5.60. The molecular formula is C23H28ClIN6O. The monoisotopic (exact) mass is 566 g/mol. The first kappa shape index (κ1) is 24.3. The minimum atomic E-state index is 0. The fourth-order valence-corrected chi connectivity index (χ4v) is 4.06. The molecule has 0 saturated carbocycles. The third kappa shape index (κ3) is 6.13. The molecule has 1 fully saturated rings. The van der Waals surface area contributed by atoms with Crippen LogP contribution in [0.4, 0.5) is 0 Å². The Kier molecular flexibility index (Phi) is 9.16. The number of hydrogen-bond acceptors (Lipinski definition) is 4. The molecule has 1 saturated heterocycles. The van der Waals surface area contributed by atoms with Gasteiger partial charge in [-0.3, -0.25) is 10.1 Å². The summed E-state index contributed by atoms with van der Waals surface area (Å²) in [5.74, 6) is 3.02. The molecule has 2 aromatic carbocycles. The van der Waals surface area contributed by atoms with E-state index < -0.39 is 0 Å². The first-order chi connectivity index (χ1) is 15.2. The van der Waals surface area contributed by atoms with E-state index >= 15 is 0 Å². The quantitative estimate of drug-likeness (QED) is 0.259. The van der Waals surface area contributed by atoms with Crippen molar-refractivity contribution in [2.75, 3.05) is 20.1 Å². The van der Waals surface area contributed by atoms with Gasteiger partial charge in [0.2, 0.25) is 0 Å². The number of para-hydroxylation sites is 1. The van der Waals surface area contributed by atoms with Crippen LogP contribution in [0.25, 0.3) is 0 Å². The highest BCUT2D eigenvalue weighted by molar-refractivity contribution is 14.0. The van der Waals surface area contributed by atoms with Gasteiger partial charge in [0, 0.05) is 32.6 Å². The Morgan fingerprint density at radius 3 is 2.56 bits per heavy atom. The largest absolute Gasteiger partial charge is 0.487 e. The van der Waals surface area contributed by atoms with Crippen molar-refractivity contribution in [3.63, 3.8) is 0 Å². The second-order valence-corrected chi connectivity index (χ2v) is 7.93. The number of piperidine rings is 1. The lowest BCUT2D eigenvalue weighted by molar-refractivity contribution is 0.297. The molecule has 1 aromatic heterocycles. The van der Waals surface area contributed by atoms with Crippen molar-refractivity contribution >= 4 is 41.5 Å². The normalized spacial score (nSPS) is 14.7. The number of nitrogens with zero attached hydrogens (tertiary/aromatic N) is 4. The second kappa shape index (κ2) is 12.1. The molecule has 32 heavy (non-hydrogen) atoms. The summed E-state index contributed by atoms with van der Waals surface area (Å²) in [6.45, 7) is 3.00. The molecule has 3 aromatic rings. The number of aromatic amines is 1. The van der Waals surface area contributed by atoms with Gasteiger partial charge >= 0.3 is 0 Å². The van der Waals surface area contributed by atoms with Crippen molar-refractivity contribution in [1.82, 2.24) is 25.4 Å². The number of nitrogens with one attached hydrogen (secondary N) is 2. The van der Waals surface area contributed by atoms with Gasteiger partial charge in [-0.25, -0.2) is 4.98 Å². The van der Waals surface area contributed by atoms with Gasteiger partial charge in [-0.1, -0.05) is 48.0 Å². The number of halogens is 2. The smallest absolute Gasteiger partial charge is 0.193 e. The zero-order valence-electron chi connectivity index (χ0n) is 18.0. The molecule has 2 heterocycles. The van der Waals surface area contributed by atoms with E-state index in [9.17, 15) is 0 Å². The van der Waals surface area contributed by atoms with Gasteiger partial charge in [0.05, 0.1) is 5.02 Å². The lowest BCUT2D eigenvalue weighted by Crippen LogP contribution is -2.45. The highest BCUT2D eigenvalue weighted by Gasteiger charge is 2.24. The molecule has 7 nitrogen and oxygen atoms in total. The van der Waals surface area contributed by atoms with Gasteiger partial charge in [-0.05, 0) is 36.1 Å². The van der Waals surface area contributed by atoms with Gasteiger partial charge in [0.25, 0.3) is 0 Å². The SMILES string of the molecule is CN=C(NCc1ccccc1COc1ccccc1Cl)N1CCC(c2ncn[nH]2)CC1.I. The highest BCUT2D eigenvalue weighted by atomic mass is 127. The summed E-state index contributed by atoms with van der Waals surface area (Å²) >= 11 is 6.21. The maximum absolute atomic E-state index is 6.21. The Morgan fingerprint density at radius 2 is 1.88 bits per heavy atom. The molecule has 0 spiro atoms. The lowest BCUT2D eigenvalue weighted by Gasteiger charge is -2.33. The standard InChI is InChI=1S/C23H27ClN6O.HI/c1-25-23(30-12-10-17(11-13-30)22-27-16-28-29-22)26-14-18-6-2-3-7-19(18)15-31-21-9-5-4-8-20(21)24;/h2-9,16-17H,10-15H2,1H3,(H,25,26)(H,27,28,29);1H. The van der Waals surface area contributed by atoms with E-state index in [0.717, 1.165) is 43.3 Å². The van der Waals surface area contributed by atoms with Crippen LogP contribution in [0.5, 0.6) is 5.75 Å². The van der Waals surface area contributed by atoms with E-state index in [2.05, 4.69) is 42.5 Å². The second-order valence-electron chi connectivity index (χ2n) is 7.52. The Morgan fingerprint density at radius 1 is 1.16 bits per heavy atom. The summed E-state index contributed by atoms with van der Waals surface area (Å²) in [5, 5.41) is 11.1. The predicted molar refractivity (Wildman–Crippen MR) is 138 cm³/mol. The summed E-state index contributed by atoms with van der Waals surface area (Å²) < 4.78 is 5.95. The topological polar surface area (TPSA) is 78.4 Å². The molecule has 0 bridgehead atoms. The molecule has 1 aliphatic heterocycles. The number of guanidine groups is 1. The number of aliphatic imine (C=N–C) groups is 1. The number of benzene rings is 2. The maximum Gasteiger partial charge on any atom is 0.193 e. The van der Waals surface area contributed by atoms with Crippen LogP contribution in [-0.2, 0) is 13.2 Å². The Bertz CT molecular complexity index is 1010. The minimum absolute atomic E-state index is 0. The zero-order chi connectivity index (χ0) is 21.5. The van der Waals surface area contributed by atoms with E-state index in [0.29, 0.717) is 29.8 Å². The van der Waals surface area contributed by atoms with E-state index in [-0.39, 0.29) is 24.0 Å². The third-order valence-corrected chi connectivity index (χ3v) is 5.91. The number of rotatable bonds is 6. The molecule has 0 amide bonds. The van der Waals surface area contributed by atoms with Crippen molar-refractivity contribution in [2.24, 2.45) is 4.99 Å². The Balaban J connectivity index is 0.00000289. The fraction of sp³-hybridized carbons (Fsp3) is 0.348. The van der Waals surface area contributed by atoms with Gasteiger partial charge in [0.15, 0.2) is 5.96 Å². The predicted octanol–water partition coefficient (Wildman–Crippen LogP) is 4.61. The average Bonchev–Trinajstić information content (AvgIpc) is 3.35. The molecule has 0 unspecified atom stereocenters. The first-order valence-corrected chi connectivity index (χ1v) is 10.9. The van der Waals surface area contributed by atoms with Gasteiger partial charge in [-0.15, -0.1) is 24.0 Å². The van der Waals surface area contributed by atoms with Gasteiger partial charge in [0.1, 0.15) is 24.5 Å². The van der Waals surface area contributed by atoms with Crippen LogP contribution in [0.2, 0.25) is 5.02 Å². The zero-order valence-corrected chi connectivity index (χ0v) is 21.1. The van der Waals surface area contributed by atoms with E-state index in [1.165, 1.54) is 5.56 Å². The van der Waals surface area contributed by atoms with Crippen LogP contribution in [0.1, 0.15) is 35.7 Å². The first-order valence-electron chi connectivity index (χ1n) is 10.5. The van der Waals surface area contributed by atoms with Gasteiger partial charge < -0.3 is 15.0 Å². The molecule has 9 heteroatoms. The summed E-state index contributed by atoms with van der Waals surface area (Å²) in [4.78, 5) is 11.1. The van der Waals surface area contributed by atoms with Crippen molar-refractivity contribution in [3.05, 3.63) is 76.8 Å². The molecule has 1 aliphatic rings. The highest BCUT2D eigenvalue weighted by Crippen LogP contribution is 2.26. The Labute approximate surface area is 210 Å². The molecule has 0 atom stereocenters. The molecule has 170 valence electrons. The minimum Gasteiger partial charge on any atom is -0.487 e. The summed E-state index contributed by atoms with van der Waals surface area (Å²) in [7, 11) is 1.83. The summed E-state index contributed by atoms with van der Waals surface area (Å²) in [5.41, 5.74) is 2.29. The molecular weight excluding hydrogens is 539 g/mol. The van der Waals surface area contributed by atoms with Crippen LogP contribution in [-0.4, -0.2) is 46.2 Å². The molecule has 2 N–H and O–H groups in total. The summed E-state index contributed by atoms with van der Waals surface area (Å²) in [6.07, 6.45) is 3.63. The van der Waals surface area contributed by atoms with E-state index in [4.69, 9.17) is 16.3 Å². The van der Waals surface area contributed by atoms with Crippen LogP contribution < -0.4 is 10.1 Å². The van der Waals surface area contributed by atoms with Crippen LogP contribution in [0.15, 0.2) is 59.9 Å². The molecule has 0 aliphatic carbocycles. The molecule has 0 radical (unpaired) electrons.